The lowest BCUT2D eigenvalue weighted by Crippen LogP contribution is -2.33. The Morgan fingerprint density at radius 3 is 3.08 bits per heavy atom. The summed E-state index contributed by atoms with van der Waals surface area (Å²) in [6, 6.07) is 5.57. The summed E-state index contributed by atoms with van der Waals surface area (Å²) in [5, 5.41) is 0.589. The second kappa shape index (κ2) is 6.34. The van der Waals surface area contributed by atoms with Crippen LogP contribution in [0, 0.1) is 13.1 Å². The van der Waals surface area contributed by atoms with E-state index in [0.717, 1.165) is 23.4 Å². The van der Waals surface area contributed by atoms with Gasteiger partial charge in [0, 0.05) is 30.8 Å². The second-order valence-corrected chi connectivity index (χ2v) is 6.50. The summed E-state index contributed by atoms with van der Waals surface area (Å²) in [7, 11) is 0. The van der Waals surface area contributed by atoms with Gasteiger partial charge in [-0.15, -0.1) is 0 Å². The van der Waals surface area contributed by atoms with Gasteiger partial charge >= 0.3 is 0 Å². The molecule has 0 atom stereocenters. The Morgan fingerprint density at radius 1 is 1.42 bits per heavy atom. The molecule has 4 rings (SSSR count). The highest BCUT2D eigenvalue weighted by molar-refractivity contribution is 5.88. The van der Waals surface area contributed by atoms with Gasteiger partial charge in [-0.05, 0) is 25.5 Å². The van der Waals surface area contributed by atoms with E-state index in [1.54, 1.807) is 0 Å². The molecule has 0 fully saturated rings. The third-order valence-electron chi connectivity index (χ3n) is 4.55. The van der Waals surface area contributed by atoms with Gasteiger partial charge in [0.05, 0.1) is 23.5 Å². The van der Waals surface area contributed by atoms with Crippen LogP contribution in [0.3, 0.4) is 0 Å². The largest absolute Gasteiger partial charge is 0.464 e. The molecule has 0 aliphatic carbocycles. The molecule has 7 heteroatoms. The maximum absolute atomic E-state index is 12.8. The quantitative estimate of drug-likeness (QED) is 0.766. The SMILES string of the molecule is Cc1ccc2occ(CN3CCc4[c]nc(C(N)=O)nc4C3)c(=O)c2c1. The lowest BCUT2D eigenvalue weighted by atomic mass is 10.1. The monoisotopic (exact) mass is 349 g/mol. The van der Waals surface area contributed by atoms with Crippen molar-refractivity contribution in [2.24, 2.45) is 5.73 Å². The molecule has 1 amide bonds. The highest BCUT2D eigenvalue weighted by Crippen LogP contribution is 2.19. The van der Waals surface area contributed by atoms with E-state index in [1.807, 2.05) is 25.1 Å². The Kier molecular flexibility index (Phi) is 4.00. The first-order chi connectivity index (χ1) is 12.5. The summed E-state index contributed by atoms with van der Waals surface area (Å²) >= 11 is 0. The van der Waals surface area contributed by atoms with Gasteiger partial charge in [-0.2, -0.15) is 0 Å². The molecule has 3 heterocycles. The van der Waals surface area contributed by atoms with Gasteiger partial charge in [0.2, 0.25) is 5.82 Å². The summed E-state index contributed by atoms with van der Waals surface area (Å²) in [4.78, 5) is 34.2. The first kappa shape index (κ1) is 16.4. The van der Waals surface area contributed by atoms with Gasteiger partial charge in [0.25, 0.3) is 5.91 Å². The molecule has 1 aromatic carbocycles. The smallest absolute Gasteiger partial charge is 0.286 e. The average Bonchev–Trinajstić information content (AvgIpc) is 2.64. The van der Waals surface area contributed by atoms with Crippen LogP contribution in [0.25, 0.3) is 11.0 Å². The minimum Gasteiger partial charge on any atom is -0.464 e. The topological polar surface area (TPSA) is 102 Å². The fourth-order valence-electron chi connectivity index (χ4n) is 3.18. The van der Waals surface area contributed by atoms with Crippen molar-refractivity contribution in [1.29, 1.82) is 0 Å². The van der Waals surface area contributed by atoms with E-state index in [1.165, 1.54) is 6.26 Å². The Labute approximate surface area is 149 Å². The highest BCUT2D eigenvalue weighted by Gasteiger charge is 2.21. The Morgan fingerprint density at radius 2 is 2.27 bits per heavy atom. The van der Waals surface area contributed by atoms with E-state index < -0.39 is 5.91 Å². The molecule has 0 bridgehead atoms. The third-order valence-corrected chi connectivity index (χ3v) is 4.55. The molecular weight excluding hydrogens is 332 g/mol. The number of hydrogen-bond donors (Lipinski definition) is 1. The van der Waals surface area contributed by atoms with Crippen LogP contribution < -0.4 is 11.2 Å². The summed E-state index contributed by atoms with van der Waals surface area (Å²) in [6.07, 6.45) is 5.07. The van der Waals surface area contributed by atoms with Crippen molar-refractivity contribution in [1.82, 2.24) is 14.9 Å². The van der Waals surface area contributed by atoms with E-state index in [0.29, 0.717) is 36.0 Å². The van der Waals surface area contributed by atoms with Crippen LogP contribution in [0.4, 0.5) is 0 Å². The number of aromatic nitrogens is 2. The zero-order chi connectivity index (χ0) is 18.3. The molecule has 2 aromatic heterocycles. The lowest BCUT2D eigenvalue weighted by Gasteiger charge is -2.27. The number of nitrogens with zero attached hydrogens (tertiary/aromatic N) is 3. The number of benzene rings is 1. The molecule has 1 aliphatic rings. The summed E-state index contributed by atoms with van der Waals surface area (Å²) < 4.78 is 5.62. The lowest BCUT2D eigenvalue weighted by molar-refractivity contribution is 0.0989. The number of amides is 1. The second-order valence-electron chi connectivity index (χ2n) is 6.50. The molecule has 0 unspecified atom stereocenters. The molecule has 2 N–H and O–H groups in total. The number of rotatable bonds is 3. The van der Waals surface area contributed by atoms with Crippen LogP contribution in [0.15, 0.2) is 33.7 Å². The zero-order valence-corrected chi connectivity index (χ0v) is 14.3. The van der Waals surface area contributed by atoms with Gasteiger partial charge in [0.1, 0.15) is 5.58 Å². The van der Waals surface area contributed by atoms with Crippen LogP contribution in [-0.2, 0) is 19.5 Å². The van der Waals surface area contributed by atoms with Crippen molar-refractivity contribution in [2.75, 3.05) is 6.54 Å². The predicted molar refractivity (Wildman–Crippen MR) is 94.4 cm³/mol. The Hall–Kier alpha value is -3.06. The predicted octanol–water partition coefficient (Wildman–Crippen LogP) is 1.35. The highest BCUT2D eigenvalue weighted by atomic mass is 16.3. The maximum atomic E-state index is 12.8. The number of carbonyl (C=O) groups excluding carboxylic acids is 1. The standard InChI is InChI=1S/C19H17N4O3/c1-11-2-3-16-14(6-11)17(24)13(10-26-16)8-23-5-4-12-7-21-19(18(20)25)22-15(12)9-23/h2-3,6,10H,4-5,8-9H2,1H3,(H2,20,25). The molecule has 1 aliphatic heterocycles. The molecule has 0 spiro atoms. The molecule has 0 saturated heterocycles. The first-order valence-corrected chi connectivity index (χ1v) is 8.32. The first-order valence-electron chi connectivity index (χ1n) is 8.32. The van der Waals surface area contributed by atoms with Crippen molar-refractivity contribution < 1.29 is 9.21 Å². The number of nitrogens with two attached hydrogens (primary N) is 1. The summed E-state index contributed by atoms with van der Waals surface area (Å²) in [5.74, 6) is -0.710. The minimum atomic E-state index is -0.674. The van der Waals surface area contributed by atoms with E-state index >= 15 is 0 Å². The molecule has 3 aromatic rings. The molecular formula is C19H17N4O3. The average molecular weight is 349 g/mol. The van der Waals surface area contributed by atoms with E-state index in [-0.39, 0.29) is 11.3 Å². The van der Waals surface area contributed by atoms with Crippen molar-refractivity contribution in [2.45, 2.75) is 26.4 Å². The number of carbonyl (C=O) groups is 1. The molecule has 1 radical (unpaired) electrons. The third kappa shape index (κ3) is 2.97. The Bertz CT molecular complexity index is 1070. The summed E-state index contributed by atoms with van der Waals surface area (Å²) in [6.45, 7) is 3.63. The van der Waals surface area contributed by atoms with Crippen LogP contribution in [0.2, 0.25) is 0 Å². The van der Waals surface area contributed by atoms with Crippen LogP contribution in [-0.4, -0.2) is 27.3 Å². The van der Waals surface area contributed by atoms with Gasteiger partial charge in [-0.3, -0.25) is 14.5 Å². The van der Waals surface area contributed by atoms with Gasteiger partial charge < -0.3 is 10.2 Å². The van der Waals surface area contributed by atoms with Crippen LogP contribution in [0.1, 0.15) is 33.0 Å². The fraction of sp³-hybridized carbons (Fsp3) is 0.263. The molecule has 131 valence electrons. The fourth-order valence-corrected chi connectivity index (χ4v) is 3.18. The number of aryl methyl sites for hydroxylation is 1. The van der Waals surface area contributed by atoms with E-state index in [4.69, 9.17) is 10.2 Å². The number of hydrogen-bond acceptors (Lipinski definition) is 6. The van der Waals surface area contributed by atoms with Crippen LogP contribution in [0.5, 0.6) is 0 Å². The van der Waals surface area contributed by atoms with Gasteiger partial charge in [-0.25, -0.2) is 9.97 Å². The van der Waals surface area contributed by atoms with Crippen molar-refractivity contribution in [3.63, 3.8) is 0 Å². The van der Waals surface area contributed by atoms with Crippen LogP contribution >= 0.6 is 0 Å². The Balaban J connectivity index is 1.62. The zero-order valence-electron chi connectivity index (χ0n) is 14.3. The minimum absolute atomic E-state index is 0.0205. The molecule has 0 saturated carbocycles. The maximum Gasteiger partial charge on any atom is 0.286 e. The summed E-state index contributed by atoms with van der Waals surface area (Å²) in [5.41, 5.74) is 9.02. The normalized spacial score (nSPS) is 14.3. The van der Waals surface area contributed by atoms with Crippen molar-refractivity contribution in [3.05, 3.63) is 69.1 Å². The molecule has 7 nitrogen and oxygen atoms in total. The van der Waals surface area contributed by atoms with Crippen molar-refractivity contribution >= 4 is 16.9 Å². The van der Waals surface area contributed by atoms with Gasteiger partial charge in [0.15, 0.2) is 5.43 Å². The van der Waals surface area contributed by atoms with Crippen molar-refractivity contribution in [3.8, 4) is 0 Å². The van der Waals surface area contributed by atoms with E-state index in [9.17, 15) is 9.59 Å². The van der Waals surface area contributed by atoms with Gasteiger partial charge in [-0.1, -0.05) is 11.6 Å². The number of primary amides is 1. The van der Waals surface area contributed by atoms with E-state index in [2.05, 4.69) is 21.1 Å². The number of fused-ring (bicyclic) bond motifs is 2. The molecule has 26 heavy (non-hydrogen) atoms.